The molecule has 190 valence electrons. The fourth-order valence-corrected chi connectivity index (χ4v) is 4.70. The van der Waals surface area contributed by atoms with Crippen LogP contribution in [0.4, 0.5) is 0 Å². The van der Waals surface area contributed by atoms with Crippen molar-refractivity contribution in [1.82, 2.24) is 30.4 Å². The number of carbonyl (C=O) groups is 4. The van der Waals surface area contributed by atoms with Crippen LogP contribution < -0.4 is 74.6 Å². The molecule has 3 atom stereocenters. The number of phenols is 1. The van der Waals surface area contributed by atoms with Crippen molar-refractivity contribution in [3.8, 4) is 5.75 Å². The molecule has 0 aliphatic carbocycles. The van der Waals surface area contributed by atoms with Crippen molar-refractivity contribution in [2.45, 2.75) is 23.0 Å². The number of methoxy groups -OCH3 is 1. The van der Waals surface area contributed by atoms with Crippen LogP contribution in [-0.2, 0) is 35.7 Å². The van der Waals surface area contributed by atoms with E-state index in [1.807, 2.05) is 0 Å². The number of hydrogen-bond acceptors (Lipinski definition) is 13. The average Bonchev–Trinajstić information content (AvgIpc) is 3.25. The number of nitrogens with zero attached hydrogens (tertiary/aromatic N) is 5. The number of carboxylic acids is 2. The van der Waals surface area contributed by atoms with Crippen molar-refractivity contribution >= 4 is 35.5 Å². The smallest absolute Gasteiger partial charge is 0.549 e. The Balaban J connectivity index is 0.00000253. The maximum Gasteiger partial charge on any atom is 1.00 e. The first-order chi connectivity index (χ1) is 17.1. The SMILES string of the molecule is CO[C@@]1(NC(=O)[C@@H](C(=O)[O-])c2ccc(O)cc2)C(=O)N2C(C(=O)[O-])=C(CSc3nnnn3C)CO[C@@H]21.[Na+].[Na+]. The van der Waals surface area contributed by atoms with Crippen molar-refractivity contribution in [3.05, 3.63) is 41.1 Å². The van der Waals surface area contributed by atoms with E-state index in [4.69, 9.17) is 9.47 Å². The molecule has 2 N–H and O–H groups in total. The zero-order chi connectivity index (χ0) is 26.2. The van der Waals surface area contributed by atoms with Crippen molar-refractivity contribution in [2.75, 3.05) is 19.5 Å². The van der Waals surface area contributed by atoms with Crippen LogP contribution in [0, 0.1) is 0 Å². The third-order valence-electron chi connectivity index (χ3n) is 5.62. The predicted molar refractivity (Wildman–Crippen MR) is 112 cm³/mol. The van der Waals surface area contributed by atoms with E-state index in [2.05, 4.69) is 20.8 Å². The number of carbonyl (C=O) groups excluding carboxylic acids is 4. The number of aryl methyl sites for hydroxylation is 1. The van der Waals surface area contributed by atoms with Crippen molar-refractivity contribution in [1.29, 1.82) is 0 Å². The normalized spacial score (nSPS) is 20.8. The van der Waals surface area contributed by atoms with Crippen LogP contribution in [0.3, 0.4) is 0 Å². The number of nitrogens with one attached hydrogen (secondary N) is 1. The maximum atomic E-state index is 13.1. The summed E-state index contributed by atoms with van der Waals surface area (Å²) in [5.74, 6) is -7.58. The number of aromatic nitrogens is 4. The van der Waals surface area contributed by atoms with Gasteiger partial charge >= 0.3 is 59.1 Å². The fraction of sp³-hybridized carbons (Fsp3) is 0.350. The molecule has 1 saturated heterocycles. The molecule has 1 fully saturated rings. The van der Waals surface area contributed by atoms with Gasteiger partial charge in [-0.05, 0) is 33.7 Å². The molecular formula is C20H18N6Na2O9S. The summed E-state index contributed by atoms with van der Waals surface area (Å²) in [6, 6.07) is 4.76. The second-order valence-corrected chi connectivity index (χ2v) is 8.67. The molecule has 15 nitrogen and oxygen atoms in total. The second kappa shape index (κ2) is 12.9. The van der Waals surface area contributed by atoms with Gasteiger partial charge in [0, 0.05) is 19.9 Å². The van der Waals surface area contributed by atoms with Crippen molar-refractivity contribution in [3.63, 3.8) is 0 Å². The topological polar surface area (TPSA) is 212 Å². The zero-order valence-corrected chi connectivity index (χ0v) is 25.6. The Morgan fingerprint density at radius 1 is 1.29 bits per heavy atom. The number of tetrazole rings is 1. The van der Waals surface area contributed by atoms with Crippen LogP contribution in [0.25, 0.3) is 0 Å². The molecule has 2 amide bonds. The number of ether oxygens (including phenoxy) is 2. The number of fused-ring (bicyclic) bond motifs is 1. The Hall–Kier alpha value is -2.02. The van der Waals surface area contributed by atoms with Crippen molar-refractivity contribution in [2.24, 2.45) is 7.05 Å². The number of aromatic hydroxyl groups is 1. The largest absolute Gasteiger partial charge is 1.00 e. The van der Waals surface area contributed by atoms with Crippen LogP contribution in [-0.4, -0.2) is 85.4 Å². The summed E-state index contributed by atoms with van der Waals surface area (Å²) < 4.78 is 12.3. The number of rotatable bonds is 9. The van der Waals surface area contributed by atoms with Gasteiger partial charge in [0.15, 0.2) is 6.23 Å². The molecule has 2 aromatic rings. The minimum atomic E-state index is -2.20. The maximum absolute atomic E-state index is 13.1. The number of aliphatic carboxylic acids is 2. The summed E-state index contributed by atoms with van der Waals surface area (Å²) in [6.45, 7) is -0.265. The Labute approximate surface area is 263 Å². The molecule has 2 aliphatic heterocycles. The molecule has 2 aliphatic rings. The summed E-state index contributed by atoms with van der Waals surface area (Å²) in [5, 5.41) is 46.7. The Kier molecular flexibility index (Phi) is 10.9. The molecule has 38 heavy (non-hydrogen) atoms. The van der Waals surface area contributed by atoms with E-state index in [1.54, 1.807) is 7.05 Å². The zero-order valence-electron chi connectivity index (χ0n) is 20.7. The standard InChI is InChI=1S/C20H20N6O9S.2Na/c1-25-19(22-23-24-25)36-8-10-7-35-18-20(34-2,17(33)26(18)13(10)16(31)32)21-14(28)12(15(29)30)9-3-5-11(27)6-4-9;;/h3-6,12,18,27H,7-8H2,1-2H3,(H,21,28)(H,29,30)(H,31,32);;/q;2*+1/p-2/t12-,18+,20-;;/m0../s1. The van der Waals surface area contributed by atoms with E-state index in [0.29, 0.717) is 5.16 Å². The number of β-lactam (4-membered cyclic amide) rings is 1. The van der Waals surface area contributed by atoms with E-state index in [-0.39, 0.29) is 88.4 Å². The van der Waals surface area contributed by atoms with Gasteiger partial charge < -0.3 is 39.7 Å². The van der Waals surface area contributed by atoms with Crippen LogP contribution in [0.15, 0.2) is 40.7 Å². The van der Waals surface area contributed by atoms with Gasteiger partial charge in [-0.25, -0.2) is 4.68 Å². The quantitative estimate of drug-likeness (QED) is 0.0953. The minimum Gasteiger partial charge on any atom is -0.549 e. The first kappa shape index (κ1) is 32.2. The third-order valence-corrected chi connectivity index (χ3v) is 6.71. The van der Waals surface area contributed by atoms with E-state index in [9.17, 15) is 34.5 Å². The molecule has 0 spiro atoms. The molecule has 3 heterocycles. The summed E-state index contributed by atoms with van der Waals surface area (Å²) in [4.78, 5) is 50.5. The van der Waals surface area contributed by atoms with Gasteiger partial charge in [0.05, 0.1) is 24.2 Å². The van der Waals surface area contributed by atoms with Gasteiger partial charge in [-0.3, -0.25) is 14.5 Å². The van der Waals surface area contributed by atoms with Gasteiger partial charge in [-0.1, -0.05) is 23.9 Å². The Bertz CT molecular complexity index is 1270. The number of hydrogen-bond donors (Lipinski definition) is 2. The summed E-state index contributed by atoms with van der Waals surface area (Å²) in [6.07, 6.45) is -1.42. The molecule has 0 radical (unpaired) electrons. The van der Waals surface area contributed by atoms with E-state index in [1.165, 1.54) is 28.9 Å². The van der Waals surface area contributed by atoms with Crippen molar-refractivity contribution < 1.29 is 103 Å². The monoisotopic (exact) mass is 564 g/mol. The molecular weight excluding hydrogens is 546 g/mol. The van der Waals surface area contributed by atoms with E-state index < -0.39 is 47.3 Å². The van der Waals surface area contributed by atoms with Crippen LogP contribution in [0.1, 0.15) is 11.5 Å². The third kappa shape index (κ3) is 5.78. The molecule has 0 bridgehead atoms. The minimum absolute atomic E-state index is 0. The summed E-state index contributed by atoms with van der Waals surface area (Å²) >= 11 is 1.10. The van der Waals surface area contributed by atoms with Gasteiger partial charge in [0.25, 0.3) is 11.6 Å². The van der Waals surface area contributed by atoms with Gasteiger partial charge in [0.2, 0.25) is 11.1 Å². The Morgan fingerprint density at radius 2 is 1.95 bits per heavy atom. The second-order valence-electron chi connectivity index (χ2n) is 7.72. The fourth-order valence-electron chi connectivity index (χ4n) is 3.85. The summed E-state index contributed by atoms with van der Waals surface area (Å²) in [7, 11) is 2.67. The van der Waals surface area contributed by atoms with Gasteiger partial charge in [0.1, 0.15) is 11.7 Å². The van der Waals surface area contributed by atoms with E-state index in [0.717, 1.165) is 23.8 Å². The van der Waals surface area contributed by atoms with Crippen LogP contribution in [0.2, 0.25) is 0 Å². The molecule has 1 aromatic carbocycles. The molecule has 0 unspecified atom stereocenters. The summed E-state index contributed by atoms with van der Waals surface area (Å²) in [5.41, 5.74) is -2.50. The molecule has 1 aromatic heterocycles. The Morgan fingerprint density at radius 3 is 2.47 bits per heavy atom. The molecule has 4 rings (SSSR count). The van der Waals surface area contributed by atoms with E-state index >= 15 is 0 Å². The first-order valence-corrected chi connectivity index (χ1v) is 11.2. The van der Waals surface area contributed by atoms with Gasteiger partial charge in [-0.15, -0.1) is 5.10 Å². The molecule has 18 heteroatoms. The molecule has 0 saturated carbocycles. The number of benzene rings is 1. The van der Waals surface area contributed by atoms with Gasteiger partial charge in [-0.2, -0.15) is 0 Å². The first-order valence-electron chi connectivity index (χ1n) is 10.2. The number of phenolic OH excluding ortho intramolecular Hbond substituents is 1. The predicted octanol–water partition coefficient (Wildman–Crippen LogP) is -9.79. The number of carboxylic acid groups (broad SMARTS) is 2. The number of thioether (sulfide) groups is 1. The average molecular weight is 564 g/mol. The van der Waals surface area contributed by atoms with Crippen LogP contribution >= 0.6 is 11.8 Å². The van der Waals surface area contributed by atoms with Crippen LogP contribution in [0.5, 0.6) is 5.75 Å². The number of amides is 2.